The van der Waals surface area contributed by atoms with Crippen LogP contribution in [0.15, 0.2) is 48.5 Å². The molecule has 0 aliphatic carbocycles. The molecule has 4 heteroatoms. The van der Waals surface area contributed by atoms with Crippen molar-refractivity contribution in [1.82, 2.24) is 4.90 Å². The molecule has 24 heavy (non-hydrogen) atoms. The molecule has 1 heterocycles. The first-order chi connectivity index (χ1) is 11.6. The maximum absolute atomic E-state index is 12.8. The second-order valence-corrected chi connectivity index (χ2v) is 6.17. The summed E-state index contributed by atoms with van der Waals surface area (Å²) in [7, 11) is 0. The van der Waals surface area contributed by atoms with Crippen molar-refractivity contribution < 1.29 is 14.7 Å². The molecule has 0 unspecified atom stereocenters. The summed E-state index contributed by atoms with van der Waals surface area (Å²) >= 11 is 0. The molecule has 1 atom stereocenters. The molecule has 4 nitrogen and oxygen atoms in total. The number of benzene rings is 2. The Bertz CT molecular complexity index is 752. The van der Waals surface area contributed by atoms with E-state index in [0.29, 0.717) is 12.1 Å². The third-order valence-corrected chi connectivity index (χ3v) is 4.73. The van der Waals surface area contributed by atoms with Gasteiger partial charge >= 0.3 is 5.97 Å². The molecule has 2 aromatic carbocycles. The van der Waals surface area contributed by atoms with Crippen molar-refractivity contribution in [2.45, 2.75) is 25.7 Å². The Morgan fingerprint density at radius 1 is 1.12 bits per heavy atom. The number of carboxylic acids is 1. The lowest BCUT2D eigenvalue weighted by Gasteiger charge is -2.18. The minimum Gasteiger partial charge on any atom is -0.478 e. The highest BCUT2D eigenvalue weighted by atomic mass is 16.4. The SMILES string of the molecule is CCc1ccccc1C(=O)N1CC[C@@H](c2ccc(C(=O)O)cc2)C1. The van der Waals surface area contributed by atoms with Gasteiger partial charge in [-0.15, -0.1) is 0 Å². The first kappa shape index (κ1) is 16.2. The van der Waals surface area contributed by atoms with Gasteiger partial charge in [0, 0.05) is 24.6 Å². The van der Waals surface area contributed by atoms with Crippen molar-refractivity contribution in [3.8, 4) is 0 Å². The molecule has 0 spiro atoms. The molecular weight excluding hydrogens is 302 g/mol. The van der Waals surface area contributed by atoms with Gasteiger partial charge in [-0.2, -0.15) is 0 Å². The topological polar surface area (TPSA) is 57.6 Å². The van der Waals surface area contributed by atoms with Crippen molar-refractivity contribution in [2.24, 2.45) is 0 Å². The zero-order valence-corrected chi connectivity index (χ0v) is 13.7. The van der Waals surface area contributed by atoms with E-state index in [9.17, 15) is 9.59 Å². The van der Waals surface area contributed by atoms with Gasteiger partial charge in [0.2, 0.25) is 0 Å². The minimum absolute atomic E-state index is 0.0945. The number of hydrogen-bond acceptors (Lipinski definition) is 2. The van der Waals surface area contributed by atoms with Gasteiger partial charge in [-0.1, -0.05) is 37.3 Å². The van der Waals surface area contributed by atoms with Crippen LogP contribution in [0.25, 0.3) is 0 Å². The van der Waals surface area contributed by atoms with E-state index in [2.05, 4.69) is 6.92 Å². The summed E-state index contributed by atoms with van der Waals surface area (Å²) in [4.78, 5) is 25.6. The lowest BCUT2D eigenvalue weighted by Crippen LogP contribution is -2.29. The highest BCUT2D eigenvalue weighted by Gasteiger charge is 2.28. The maximum Gasteiger partial charge on any atom is 0.335 e. The molecule has 0 bridgehead atoms. The van der Waals surface area contributed by atoms with Crippen molar-refractivity contribution in [2.75, 3.05) is 13.1 Å². The van der Waals surface area contributed by atoms with E-state index in [4.69, 9.17) is 5.11 Å². The molecule has 2 aromatic rings. The predicted octanol–water partition coefficient (Wildman–Crippen LogP) is 3.58. The quantitative estimate of drug-likeness (QED) is 0.935. The summed E-state index contributed by atoms with van der Waals surface area (Å²) < 4.78 is 0. The standard InChI is InChI=1S/C20H21NO3/c1-2-14-5-3-4-6-18(14)19(22)21-12-11-17(13-21)15-7-9-16(10-8-15)20(23)24/h3-10,17H,2,11-13H2,1H3,(H,23,24)/t17-/m1/s1. The Hall–Kier alpha value is -2.62. The van der Waals surface area contributed by atoms with Crippen LogP contribution in [-0.4, -0.2) is 35.0 Å². The normalized spacial score (nSPS) is 17.0. The predicted molar refractivity (Wildman–Crippen MR) is 92.5 cm³/mol. The van der Waals surface area contributed by atoms with Crippen LogP contribution < -0.4 is 0 Å². The van der Waals surface area contributed by atoms with E-state index >= 15 is 0 Å². The van der Waals surface area contributed by atoms with Gasteiger partial charge < -0.3 is 10.0 Å². The number of hydrogen-bond donors (Lipinski definition) is 1. The van der Waals surface area contributed by atoms with E-state index in [1.165, 1.54) is 0 Å². The third-order valence-electron chi connectivity index (χ3n) is 4.73. The van der Waals surface area contributed by atoms with Gasteiger partial charge in [0.05, 0.1) is 5.56 Å². The summed E-state index contributed by atoms with van der Waals surface area (Å²) in [6.07, 6.45) is 1.75. The fourth-order valence-electron chi connectivity index (χ4n) is 3.32. The maximum atomic E-state index is 12.8. The fraction of sp³-hybridized carbons (Fsp3) is 0.300. The van der Waals surface area contributed by atoms with E-state index in [-0.39, 0.29) is 11.8 Å². The van der Waals surface area contributed by atoms with Gasteiger partial charge in [-0.05, 0) is 42.2 Å². The smallest absolute Gasteiger partial charge is 0.335 e. The molecule has 1 saturated heterocycles. The first-order valence-electron chi connectivity index (χ1n) is 8.30. The van der Waals surface area contributed by atoms with Crippen molar-refractivity contribution in [3.63, 3.8) is 0 Å². The van der Waals surface area contributed by atoms with Crippen LogP contribution >= 0.6 is 0 Å². The lowest BCUT2D eigenvalue weighted by molar-refractivity contribution is 0.0696. The van der Waals surface area contributed by atoms with Crippen molar-refractivity contribution in [3.05, 3.63) is 70.8 Å². The Morgan fingerprint density at radius 2 is 1.83 bits per heavy atom. The number of carboxylic acid groups (broad SMARTS) is 1. The monoisotopic (exact) mass is 323 g/mol. The summed E-state index contributed by atoms with van der Waals surface area (Å²) in [6.45, 7) is 3.48. The number of likely N-dealkylation sites (tertiary alicyclic amines) is 1. The molecule has 1 aliphatic heterocycles. The molecule has 1 fully saturated rings. The van der Waals surface area contributed by atoms with Gasteiger partial charge in [-0.3, -0.25) is 4.79 Å². The molecule has 0 saturated carbocycles. The molecule has 3 rings (SSSR count). The van der Waals surface area contributed by atoms with Gasteiger partial charge in [-0.25, -0.2) is 4.79 Å². The van der Waals surface area contributed by atoms with Crippen molar-refractivity contribution in [1.29, 1.82) is 0 Å². The number of aromatic carboxylic acids is 1. The molecule has 1 amide bonds. The molecule has 124 valence electrons. The lowest BCUT2D eigenvalue weighted by atomic mass is 9.97. The molecule has 0 radical (unpaired) electrons. The minimum atomic E-state index is -0.916. The van der Waals surface area contributed by atoms with Crippen LogP contribution in [0.1, 0.15) is 51.1 Å². The first-order valence-corrected chi connectivity index (χ1v) is 8.30. The van der Waals surface area contributed by atoms with Gasteiger partial charge in [0.1, 0.15) is 0 Å². The number of rotatable bonds is 4. The van der Waals surface area contributed by atoms with E-state index in [1.54, 1.807) is 12.1 Å². The molecule has 0 aromatic heterocycles. The number of carbonyl (C=O) groups excluding carboxylic acids is 1. The van der Waals surface area contributed by atoms with Crippen LogP contribution in [0.4, 0.5) is 0 Å². The summed E-state index contributed by atoms with van der Waals surface area (Å²) in [5.74, 6) is -0.552. The van der Waals surface area contributed by atoms with Crippen LogP contribution in [-0.2, 0) is 6.42 Å². The average Bonchev–Trinajstić information content (AvgIpc) is 3.11. The Morgan fingerprint density at radius 3 is 2.50 bits per heavy atom. The van der Waals surface area contributed by atoms with Crippen LogP contribution in [0.2, 0.25) is 0 Å². The summed E-state index contributed by atoms with van der Waals surface area (Å²) in [6, 6.07) is 14.8. The Kier molecular flexibility index (Phi) is 4.65. The number of amides is 1. The van der Waals surface area contributed by atoms with Gasteiger partial charge in [0.15, 0.2) is 0 Å². The second-order valence-electron chi connectivity index (χ2n) is 6.17. The Labute approximate surface area is 141 Å². The zero-order valence-electron chi connectivity index (χ0n) is 13.7. The van der Waals surface area contributed by atoms with Crippen LogP contribution in [0.5, 0.6) is 0 Å². The van der Waals surface area contributed by atoms with Gasteiger partial charge in [0.25, 0.3) is 5.91 Å². The Balaban J connectivity index is 1.73. The zero-order chi connectivity index (χ0) is 17.1. The molecular formula is C20H21NO3. The van der Waals surface area contributed by atoms with E-state index < -0.39 is 5.97 Å². The summed E-state index contributed by atoms with van der Waals surface area (Å²) in [5, 5.41) is 8.98. The highest BCUT2D eigenvalue weighted by molar-refractivity contribution is 5.96. The summed E-state index contributed by atoms with van der Waals surface area (Å²) in [5.41, 5.74) is 3.26. The van der Waals surface area contributed by atoms with E-state index in [1.807, 2.05) is 41.3 Å². The molecule has 1 aliphatic rings. The third kappa shape index (κ3) is 3.18. The number of carbonyl (C=O) groups is 2. The van der Waals surface area contributed by atoms with E-state index in [0.717, 1.165) is 36.1 Å². The second kappa shape index (κ2) is 6.87. The van der Waals surface area contributed by atoms with Crippen LogP contribution in [0, 0.1) is 0 Å². The van der Waals surface area contributed by atoms with Crippen LogP contribution in [0.3, 0.4) is 0 Å². The highest BCUT2D eigenvalue weighted by Crippen LogP contribution is 2.29. The number of nitrogens with zero attached hydrogens (tertiary/aromatic N) is 1. The number of aryl methyl sites for hydroxylation is 1. The fourth-order valence-corrected chi connectivity index (χ4v) is 3.32. The average molecular weight is 323 g/mol. The van der Waals surface area contributed by atoms with Crippen molar-refractivity contribution >= 4 is 11.9 Å². The molecule has 1 N–H and O–H groups in total. The largest absolute Gasteiger partial charge is 0.478 e.